The second-order valence-corrected chi connectivity index (χ2v) is 9.96. The van der Waals surface area contributed by atoms with E-state index in [2.05, 4.69) is 0 Å². The van der Waals surface area contributed by atoms with E-state index in [9.17, 15) is 9.59 Å². The summed E-state index contributed by atoms with van der Waals surface area (Å²) < 4.78 is 0. The number of likely N-dealkylation sites (tertiary alicyclic amines) is 2. The van der Waals surface area contributed by atoms with Gasteiger partial charge >= 0.3 is 0 Å². The molecule has 6 nitrogen and oxygen atoms in total. The molecule has 5 fully saturated rings. The van der Waals surface area contributed by atoms with Crippen LogP contribution in [0.2, 0.25) is 0 Å². The van der Waals surface area contributed by atoms with Gasteiger partial charge in [0.2, 0.25) is 11.8 Å². The summed E-state index contributed by atoms with van der Waals surface area (Å²) in [5.74, 6) is 2.35. The number of carbonyl (C=O) groups excluding carboxylic acids is 2. The van der Waals surface area contributed by atoms with Crippen molar-refractivity contribution in [2.45, 2.75) is 57.0 Å². The topological polar surface area (TPSA) is 92.7 Å². The highest BCUT2D eigenvalue weighted by molar-refractivity contribution is 5.88. The minimum Gasteiger partial charge on any atom is -0.342 e. The van der Waals surface area contributed by atoms with Crippen LogP contribution >= 0.6 is 12.4 Å². The van der Waals surface area contributed by atoms with Crippen LogP contribution in [0.25, 0.3) is 0 Å². The van der Waals surface area contributed by atoms with Gasteiger partial charge in [-0.15, -0.1) is 12.4 Å². The molecule has 0 aromatic rings. The third kappa shape index (κ3) is 3.25. The first kappa shape index (κ1) is 20.4. The summed E-state index contributed by atoms with van der Waals surface area (Å²) in [4.78, 5) is 30.6. The van der Waals surface area contributed by atoms with Crippen molar-refractivity contribution in [1.82, 2.24) is 9.80 Å². The van der Waals surface area contributed by atoms with Crippen molar-refractivity contribution in [3.05, 3.63) is 0 Å². The summed E-state index contributed by atoms with van der Waals surface area (Å²) in [6.45, 7) is 3.34. The van der Waals surface area contributed by atoms with Gasteiger partial charge in [0, 0.05) is 50.1 Å². The number of rotatable bonds is 2. The number of amides is 2. The van der Waals surface area contributed by atoms with Crippen LogP contribution in [0.1, 0.15) is 44.9 Å². The van der Waals surface area contributed by atoms with Gasteiger partial charge in [-0.2, -0.15) is 0 Å². The summed E-state index contributed by atoms with van der Waals surface area (Å²) in [7, 11) is 0. The SMILES string of the molecule is Cl.NC1CCC2CN(C(=O)C3CCCC3C(=O)N3CC4CCC(N)C4C3)CC12. The van der Waals surface area contributed by atoms with Crippen LogP contribution in [0.3, 0.4) is 0 Å². The maximum atomic E-state index is 13.3. The fourth-order valence-corrected chi connectivity index (χ4v) is 7.00. The molecule has 0 spiro atoms. The second-order valence-electron chi connectivity index (χ2n) is 9.96. The number of halogens is 1. The molecule has 0 bridgehead atoms. The van der Waals surface area contributed by atoms with Crippen molar-refractivity contribution in [3.8, 4) is 0 Å². The van der Waals surface area contributed by atoms with Gasteiger partial charge in [-0.3, -0.25) is 9.59 Å². The average Bonchev–Trinajstić information content (AvgIpc) is 3.43. The minimum absolute atomic E-state index is 0. The quantitative estimate of drug-likeness (QED) is 0.715. The first-order valence-corrected chi connectivity index (χ1v) is 11.1. The van der Waals surface area contributed by atoms with Crippen LogP contribution in [-0.4, -0.2) is 59.9 Å². The maximum absolute atomic E-state index is 13.3. The average molecular weight is 411 g/mol. The van der Waals surface area contributed by atoms with Crippen LogP contribution in [0.4, 0.5) is 0 Å². The van der Waals surface area contributed by atoms with Gasteiger partial charge in [0.1, 0.15) is 0 Å². The largest absolute Gasteiger partial charge is 0.342 e. The predicted octanol–water partition coefficient (Wildman–Crippen LogP) is 1.22. The lowest BCUT2D eigenvalue weighted by atomic mass is 9.93. The Morgan fingerprint density at radius 2 is 1.07 bits per heavy atom. The zero-order valence-electron chi connectivity index (χ0n) is 16.7. The van der Waals surface area contributed by atoms with Crippen LogP contribution in [0.15, 0.2) is 0 Å². The molecule has 5 rings (SSSR count). The first-order chi connectivity index (χ1) is 13.0. The Morgan fingerprint density at radius 3 is 1.46 bits per heavy atom. The van der Waals surface area contributed by atoms with E-state index in [0.717, 1.165) is 71.1 Å². The molecular weight excluding hydrogens is 376 g/mol. The number of hydrogen-bond donors (Lipinski definition) is 2. The molecule has 4 N–H and O–H groups in total. The zero-order chi connectivity index (χ0) is 18.7. The Labute approximate surface area is 174 Å². The van der Waals surface area contributed by atoms with Crippen LogP contribution in [-0.2, 0) is 9.59 Å². The van der Waals surface area contributed by atoms with E-state index < -0.39 is 0 Å². The Morgan fingerprint density at radius 1 is 0.643 bits per heavy atom. The van der Waals surface area contributed by atoms with Gasteiger partial charge in [0.25, 0.3) is 0 Å². The Kier molecular flexibility index (Phi) is 5.66. The van der Waals surface area contributed by atoms with Crippen LogP contribution in [0.5, 0.6) is 0 Å². The van der Waals surface area contributed by atoms with Crippen molar-refractivity contribution in [2.75, 3.05) is 26.2 Å². The highest BCUT2D eigenvalue weighted by atomic mass is 35.5. The molecule has 2 heterocycles. The fourth-order valence-electron chi connectivity index (χ4n) is 7.00. The molecule has 28 heavy (non-hydrogen) atoms. The molecule has 158 valence electrons. The molecule has 3 saturated carbocycles. The number of fused-ring (bicyclic) bond motifs is 2. The number of nitrogens with zero attached hydrogens (tertiary/aromatic N) is 2. The number of nitrogens with two attached hydrogens (primary N) is 2. The second kappa shape index (κ2) is 7.77. The Bertz CT molecular complexity index is 580. The minimum atomic E-state index is -0.110. The summed E-state index contributed by atoms with van der Waals surface area (Å²) in [6, 6.07) is 0.504. The van der Waals surface area contributed by atoms with E-state index in [0.29, 0.717) is 23.7 Å². The summed E-state index contributed by atoms with van der Waals surface area (Å²) in [5, 5.41) is 0. The van der Waals surface area contributed by atoms with Gasteiger partial charge in [-0.1, -0.05) is 6.42 Å². The van der Waals surface area contributed by atoms with E-state index >= 15 is 0 Å². The predicted molar refractivity (Wildman–Crippen MR) is 110 cm³/mol. The molecule has 3 aliphatic carbocycles. The van der Waals surface area contributed by atoms with E-state index in [1.807, 2.05) is 9.80 Å². The van der Waals surface area contributed by atoms with Crippen molar-refractivity contribution in [1.29, 1.82) is 0 Å². The summed E-state index contributed by atoms with van der Waals surface area (Å²) in [5.41, 5.74) is 12.5. The third-order valence-corrected chi connectivity index (χ3v) is 8.60. The lowest BCUT2D eigenvalue weighted by molar-refractivity contribution is -0.144. The van der Waals surface area contributed by atoms with Gasteiger partial charge in [-0.05, 0) is 62.2 Å². The molecular formula is C21H35ClN4O2. The molecule has 0 aromatic heterocycles. The lowest BCUT2D eigenvalue weighted by Gasteiger charge is -2.28. The highest BCUT2D eigenvalue weighted by Crippen LogP contribution is 2.42. The number of hydrogen-bond acceptors (Lipinski definition) is 4. The molecule has 2 amide bonds. The van der Waals surface area contributed by atoms with Gasteiger partial charge in [-0.25, -0.2) is 0 Å². The van der Waals surface area contributed by atoms with Crippen molar-refractivity contribution >= 4 is 24.2 Å². The smallest absolute Gasteiger partial charge is 0.226 e. The Balaban J connectivity index is 0.00000192. The molecule has 8 unspecified atom stereocenters. The van der Waals surface area contributed by atoms with E-state index in [1.54, 1.807) is 0 Å². The molecule has 8 atom stereocenters. The first-order valence-electron chi connectivity index (χ1n) is 11.1. The Hall–Kier alpha value is -0.850. The zero-order valence-corrected chi connectivity index (χ0v) is 17.5. The summed E-state index contributed by atoms with van der Waals surface area (Å²) in [6.07, 6.45) is 7.23. The third-order valence-electron chi connectivity index (χ3n) is 8.60. The standard InChI is InChI=1S/C21H34N4O2.ClH/c22-18-6-4-12-8-24(10-16(12)18)20(26)14-2-1-3-15(14)21(27)25-9-13-5-7-19(23)17(13)11-25;/h12-19H,1-11,22-23H2;1H. The fraction of sp³-hybridized carbons (Fsp3) is 0.905. The molecule has 5 aliphatic rings. The van der Waals surface area contributed by atoms with Gasteiger partial charge in [0.15, 0.2) is 0 Å². The normalized spacial score (nSPS) is 44.5. The van der Waals surface area contributed by atoms with Gasteiger partial charge in [0.05, 0.1) is 0 Å². The van der Waals surface area contributed by atoms with Gasteiger partial charge < -0.3 is 21.3 Å². The van der Waals surface area contributed by atoms with E-state index in [1.165, 1.54) is 0 Å². The molecule has 0 radical (unpaired) electrons. The lowest BCUT2D eigenvalue weighted by Crippen LogP contribution is -2.43. The number of carbonyl (C=O) groups is 2. The molecule has 0 aromatic carbocycles. The van der Waals surface area contributed by atoms with Crippen molar-refractivity contribution in [2.24, 2.45) is 47.0 Å². The monoisotopic (exact) mass is 410 g/mol. The van der Waals surface area contributed by atoms with Crippen LogP contribution < -0.4 is 11.5 Å². The van der Waals surface area contributed by atoms with Crippen molar-refractivity contribution in [3.63, 3.8) is 0 Å². The highest BCUT2D eigenvalue weighted by Gasteiger charge is 2.49. The van der Waals surface area contributed by atoms with Crippen LogP contribution in [0, 0.1) is 35.5 Å². The molecule has 7 heteroatoms. The summed E-state index contributed by atoms with van der Waals surface area (Å²) >= 11 is 0. The van der Waals surface area contributed by atoms with E-state index in [4.69, 9.17) is 11.5 Å². The van der Waals surface area contributed by atoms with E-state index in [-0.39, 0.29) is 48.1 Å². The molecule has 2 saturated heterocycles. The molecule has 2 aliphatic heterocycles. The maximum Gasteiger partial charge on any atom is 0.226 e. The van der Waals surface area contributed by atoms with Crippen molar-refractivity contribution < 1.29 is 9.59 Å².